The number of nitrogens with one attached hydrogen (secondary N) is 1. The molecule has 0 spiro atoms. The molecule has 16 heavy (non-hydrogen) atoms. The van der Waals surface area contributed by atoms with Crippen LogP contribution in [0.4, 0.5) is 0 Å². The zero-order valence-corrected chi connectivity index (χ0v) is 10.7. The minimum atomic E-state index is -2.81. The molecule has 0 radical (unpaired) electrons. The van der Waals surface area contributed by atoms with Crippen molar-refractivity contribution in [3.8, 4) is 0 Å². The van der Waals surface area contributed by atoms with Gasteiger partial charge in [0.2, 0.25) is 0 Å². The van der Waals surface area contributed by atoms with E-state index in [9.17, 15) is 8.42 Å². The van der Waals surface area contributed by atoms with Gasteiger partial charge in [-0.15, -0.1) is 0 Å². The summed E-state index contributed by atoms with van der Waals surface area (Å²) in [5.74, 6) is 1.13. The molecule has 1 saturated carbocycles. The fraction of sp³-hybridized carbons (Fsp3) is 1.00. The van der Waals surface area contributed by atoms with E-state index >= 15 is 0 Å². The Balaban J connectivity index is 1.86. The van der Waals surface area contributed by atoms with Crippen LogP contribution in [-0.4, -0.2) is 38.0 Å². The molecule has 4 nitrogen and oxygen atoms in total. The number of hydrogen-bond acceptors (Lipinski definition) is 4. The van der Waals surface area contributed by atoms with E-state index in [0.717, 1.165) is 19.4 Å². The average Bonchev–Trinajstić information content (AvgIpc) is 2.69. The summed E-state index contributed by atoms with van der Waals surface area (Å²) in [6.45, 7) is 2.88. The Morgan fingerprint density at radius 3 is 2.69 bits per heavy atom. The highest BCUT2D eigenvalue weighted by Gasteiger charge is 2.38. The van der Waals surface area contributed by atoms with Gasteiger partial charge in [-0.2, -0.15) is 0 Å². The van der Waals surface area contributed by atoms with Crippen LogP contribution >= 0.6 is 0 Å². The molecule has 0 bridgehead atoms. The molecule has 5 heteroatoms. The van der Waals surface area contributed by atoms with Crippen LogP contribution in [-0.2, 0) is 9.84 Å². The lowest BCUT2D eigenvalue weighted by Crippen LogP contribution is -2.47. The molecule has 2 fully saturated rings. The molecule has 1 saturated heterocycles. The zero-order chi connectivity index (χ0) is 11.8. The van der Waals surface area contributed by atoms with Gasteiger partial charge in [-0.1, -0.05) is 6.42 Å². The van der Waals surface area contributed by atoms with E-state index in [0.29, 0.717) is 17.7 Å². The van der Waals surface area contributed by atoms with Crippen molar-refractivity contribution in [1.82, 2.24) is 5.32 Å². The number of rotatable bonds is 3. The highest BCUT2D eigenvalue weighted by atomic mass is 32.2. The summed E-state index contributed by atoms with van der Waals surface area (Å²) in [7, 11) is -2.81. The van der Waals surface area contributed by atoms with Crippen LogP contribution in [0.5, 0.6) is 0 Å². The minimum absolute atomic E-state index is 0.221. The summed E-state index contributed by atoms with van der Waals surface area (Å²) in [6.07, 6.45) is 4.23. The second kappa shape index (κ2) is 4.27. The maximum atomic E-state index is 11.4. The Morgan fingerprint density at radius 1 is 1.44 bits per heavy atom. The van der Waals surface area contributed by atoms with Gasteiger partial charge in [-0.3, -0.25) is 0 Å². The van der Waals surface area contributed by atoms with E-state index in [1.807, 2.05) is 6.92 Å². The SMILES string of the molecule is CC1(NCC2CCCC2N)CCS(=O)(=O)C1. The van der Waals surface area contributed by atoms with E-state index in [1.54, 1.807) is 0 Å². The summed E-state index contributed by atoms with van der Waals surface area (Å²) < 4.78 is 22.9. The molecule has 2 rings (SSSR count). The van der Waals surface area contributed by atoms with Crippen molar-refractivity contribution in [3.05, 3.63) is 0 Å². The Morgan fingerprint density at radius 2 is 2.19 bits per heavy atom. The van der Waals surface area contributed by atoms with E-state index < -0.39 is 9.84 Å². The van der Waals surface area contributed by atoms with Crippen LogP contribution < -0.4 is 11.1 Å². The molecule has 0 aromatic heterocycles. The molecule has 1 heterocycles. The lowest BCUT2D eigenvalue weighted by Gasteiger charge is -2.27. The van der Waals surface area contributed by atoms with Gasteiger partial charge in [0.25, 0.3) is 0 Å². The normalized spacial score (nSPS) is 42.6. The maximum absolute atomic E-state index is 11.4. The molecule has 3 unspecified atom stereocenters. The van der Waals surface area contributed by atoms with Gasteiger partial charge in [-0.25, -0.2) is 8.42 Å². The van der Waals surface area contributed by atoms with Crippen LogP contribution in [0.25, 0.3) is 0 Å². The Labute approximate surface area is 97.9 Å². The highest BCUT2D eigenvalue weighted by Crippen LogP contribution is 2.26. The molecule has 2 aliphatic rings. The smallest absolute Gasteiger partial charge is 0.152 e. The first-order chi connectivity index (χ1) is 7.40. The molecule has 3 N–H and O–H groups in total. The first-order valence-electron chi connectivity index (χ1n) is 6.11. The molecule has 0 aromatic rings. The Kier molecular flexibility index (Phi) is 3.29. The van der Waals surface area contributed by atoms with Gasteiger partial charge < -0.3 is 11.1 Å². The Hall–Kier alpha value is -0.130. The van der Waals surface area contributed by atoms with E-state index in [4.69, 9.17) is 5.73 Å². The number of hydrogen-bond donors (Lipinski definition) is 2. The second-order valence-electron chi connectivity index (χ2n) is 5.64. The van der Waals surface area contributed by atoms with E-state index in [2.05, 4.69) is 5.32 Å². The molecule has 0 amide bonds. The first kappa shape index (κ1) is 12.3. The largest absolute Gasteiger partial charge is 0.327 e. The molecular weight excluding hydrogens is 224 g/mol. The molecule has 1 aliphatic heterocycles. The minimum Gasteiger partial charge on any atom is -0.327 e. The fourth-order valence-electron chi connectivity index (χ4n) is 2.85. The van der Waals surface area contributed by atoms with Crippen molar-refractivity contribution in [2.24, 2.45) is 11.7 Å². The molecule has 0 aromatic carbocycles. The summed E-state index contributed by atoms with van der Waals surface area (Å²) in [5.41, 5.74) is 5.78. The number of sulfone groups is 1. The predicted molar refractivity (Wildman–Crippen MR) is 65.0 cm³/mol. The van der Waals surface area contributed by atoms with Gasteiger partial charge in [0.05, 0.1) is 11.5 Å². The van der Waals surface area contributed by atoms with Crippen LogP contribution in [0.3, 0.4) is 0 Å². The number of nitrogens with two attached hydrogens (primary N) is 1. The Bertz CT molecular complexity index is 355. The standard InChI is InChI=1S/C11H22N2O2S/c1-11(5-6-16(14,15)8-11)13-7-9-3-2-4-10(9)12/h9-10,13H,2-8,12H2,1H3. The summed E-state index contributed by atoms with van der Waals surface area (Å²) in [5, 5.41) is 3.43. The van der Waals surface area contributed by atoms with Gasteiger partial charge in [0.15, 0.2) is 9.84 Å². The molecule has 3 atom stereocenters. The second-order valence-corrected chi connectivity index (χ2v) is 7.82. The zero-order valence-electron chi connectivity index (χ0n) is 9.91. The van der Waals surface area contributed by atoms with Gasteiger partial charge in [-0.05, 0) is 38.6 Å². The van der Waals surface area contributed by atoms with Crippen molar-refractivity contribution in [2.45, 2.75) is 44.2 Å². The van der Waals surface area contributed by atoms with Crippen molar-refractivity contribution in [3.63, 3.8) is 0 Å². The average molecular weight is 246 g/mol. The fourth-order valence-corrected chi connectivity index (χ4v) is 4.97. The van der Waals surface area contributed by atoms with Crippen molar-refractivity contribution in [2.75, 3.05) is 18.1 Å². The molecule has 1 aliphatic carbocycles. The maximum Gasteiger partial charge on any atom is 0.152 e. The predicted octanol–water partition coefficient (Wildman–Crippen LogP) is 0.281. The van der Waals surface area contributed by atoms with Crippen molar-refractivity contribution < 1.29 is 8.42 Å². The van der Waals surface area contributed by atoms with Gasteiger partial charge in [0, 0.05) is 11.6 Å². The lowest BCUT2D eigenvalue weighted by atomic mass is 9.98. The van der Waals surface area contributed by atoms with Gasteiger partial charge in [0.1, 0.15) is 0 Å². The van der Waals surface area contributed by atoms with E-state index in [1.165, 1.54) is 12.8 Å². The van der Waals surface area contributed by atoms with Crippen LogP contribution in [0.15, 0.2) is 0 Å². The topological polar surface area (TPSA) is 72.2 Å². The lowest BCUT2D eigenvalue weighted by molar-refractivity contribution is 0.341. The monoisotopic (exact) mass is 246 g/mol. The van der Waals surface area contributed by atoms with Crippen molar-refractivity contribution in [1.29, 1.82) is 0 Å². The first-order valence-corrected chi connectivity index (χ1v) is 7.93. The van der Waals surface area contributed by atoms with Crippen LogP contribution in [0.1, 0.15) is 32.6 Å². The van der Waals surface area contributed by atoms with Crippen LogP contribution in [0, 0.1) is 5.92 Å². The van der Waals surface area contributed by atoms with E-state index in [-0.39, 0.29) is 11.3 Å². The third-order valence-corrected chi connectivity index (χ3v) is 5.92. The third kappa shape index (κ3) is 2.76. The summed E-state index contributed by atoms with van der Waals surface area (Å²) in [4.78, 5) is 0. The van der Waals surface area contributed by atoms with Crippen molar-refractivity contribution >= 4 is 9.84 Å². The summed E-state index contributed by atoms with van der Waals surface area (Å²) >= 11 is 0. The quantitative estimate of drug-likeness (QED) is 0.750. The van der Waals surface area contributed by atoms with Crippen LogP contribution in [0.2, 0.25) is 0 Å². The molecular formula is C11H22N2O2S. The summed E-state index contributed by atoms with van der Waals surface area (Å²) in [6, 6.07) is 0.300. The highest BCUT2D eigenvalue weighted by molar-refractivity contribution is 7.91. The third-order valence-electron chi connectivity index (χ3n) is 4.01. The van der Waals surface area contributed by atoms with Gasteiger partial charge >= 0.3 is 0 Å². The molecule has 94 valence electrons.